The van der Waals surface area contributed by atoms with E-state index in [1.54, 1.807) is 0 Å². The lowest BCUT2D eigenvalue weighted by Gasteiger charge is -2.06. The van der Waals surface area contributed by atoms with Gasteiger partial charge in [-0.2, -0.15) is 0 Å². The predicted molar refractivity (Wildman–Crippen MR) is 122 cm³/mol. The highest BCUT2D eigenvalue weighted by Gasteiger charge is 2.12. The van der Waals surface area contributed by atoms with E-state index in [-0.39, 0.29) is 12.5 Å². The van der Waals surface area contributed by atoms with Gasteiger partial charge < -0.3 is 15.0 Å². The Morgan fingerprint density at radius 1 is 1.00 bits per heavy atom. The zero-order valence-electron chi connectivity index (χ0n) is 17.5. The van der Waals surface area contributed by atoms with Gasteiger partial charge in [0.2, 0.25) is 5.88 Å². The van der Waals surface area contributed by atoms with Gasteiger partial charge in [0, 0.05) is 28.8 Å². The summed E-state index contributed by atoms with van der Waals surface area (Å²) >= 11 is 0. The molecule has 0 saturated carbocycles. The summed E-state index contributed by atoms with van der Waals surface area (Å²) in [5.74, 6) is 0.264. The average Bonchev–Trinajstić information content (AvgIpc) is 3.41. The normalized spacial score (nSPS) is 10.7. The lowest BCUT2D eigenvalue weighted by molar-refractivity contribution is -0.118. The van der Waals surface area contributed by atoms with Gasteiger partial charge in [-0.1, -0.05) is 48.5 Å². The van der Waals surface area contributed by atoms with E-state index < -0.39 is 0 Å². The highest BCUT2D eigenvalue weighted by atomic mass is 16.5. The lowest BCUT2D eigenvalue weighted by Crippen LogP contribution is -2.20. The van der Waals surface area contributed by atoms with Crippen LogP contribution in [-0.2, 0) is 17.6 Å². The third-order valence-corrected chi connectivity index (χ3v) is 5.19. The van der Waals surface area contributed by atoms with Gasteiger partial charge in [0.15, 0.2) is 6.61 Å². The number of aromatic amines is 2. The summed E-state index contributed by atoms with van der Waals surface area (Å²) in [6, 6.07) is 21.9. The molecule has 2 aromatic heterocycles. The number of hydrogen-bond acceptors (Lipinski definition) is 3. The molecule has 0 fully saturated rings. The molecule has 0 unspecified atom stereocenters. The number of aryl methyl sites for hydroxylation is 2. The fourth-order valence-corrected chi connectivity index (χ4v) is 3.49. The second-order valence-electron chi connectivity index (χ2n) is 7.47. The van der Waals surface area contributed by atoms with Crippen molar-refractivity contribution in [3.63, 3.8) is 0 Å². The zero-order valence-corrected chi connectivity index (χ0v) is 17.5. The predicted octanol–water partition coefficient (Wildman–Crippen LogP) is 4.91. The van der Waals surface area contributed by atoms with Crippen LogP contribution in [0.15, 0.2) is 72.9 Å². The molecule has 0 aliphatic rings. The molecule has 0 aliphatic carbocycles. The molecule has 0 saturated heterocycles. The first-order valence-corrected chi connectivity index (χ1v) is 10.4. The number of rotatable bonds is 9. The molecule has 1 amide bonds. The maximum Gasteiger partial charge on any atom is 0.262 e. The molecule has 2 aromatic carbocycles. The van der Waals surface area contributed by atoms with Gasteiger partial charge in [-0.3, -0.25) is 9.89 Å². The summed E-state index contributed by atoms with van der Waals surface area (Å²) in [5, 5.41) is 10.1. The van der Waals surface area contributed by atoms with Gasteiger partial charge in [0.25, 0.3) is 5.91 Å². The van der Waals surface area contributed by atoms with E-state index >= 15 is 0 Å². The summed E-state index contributed by atoms with van der Waals surface area (Å²) in [4.78, 5) is 15.4. The number of benzene rings is 2. The summed E-state index contributed by atoms with van der Waals surface area (Å²) in [6.07, 6.45) is 4.84. The van der Waals surface area contributed by atoms with Crippen molar-refractivity contribution in [3.8, 4) is 17.0 Å². The van der Waals surface area contributed by atoms with Gasteiger partial charge in [0.1, 0.15) is 0 Å². The van der Waals surface area contributed by atoms with Crippen LogP contribution in [0.5, 0.6) is 5.88 Å². The maximum atomic E-state index is 12.1. The fourth-order valence-electron chi connectivity index (χ4n) is 3.49. The van der Waals surface area contributed by atoms with Crippen LogP contribution in [0.3, 0.4) is 0 Å². The molecular formula is C25H26N4O2. The largest absolute Gasteiger partial charge is 0.466 e. The van der Waals surface area contributed by atoms with Gasteiger partial charge in [-0.25, -0.2) is 0 Å². The number of amides is 1. The van der Waals surface area contributed by atoms with E-state index in [9.17, 15) is 4.79 Å². The Kier molecular flexibility index (Phi) is 6.47. The van der Waals surface area contributed by atoms with E-state index in [2.05, 4.69) is 44.9 Å². The van der Waals surface area contributed by atoms with Crippen molar-refractivity contribution < 1.29 is 9.53 Å². The molecule has 2 heterocycles. The minimum atomic E-state index is -0.212. The quantitative estimate of drug-likeness (QED) is 0.364. The first-order valence-electron chi connectivity index (χ1n) is 10.4. The number of para-hydroxylation sites is 1. The smallest absolute Gasteiger partial charge is 0.262 e. The first-order chi connectivity index (χ1) is 15.2. The van der Waals surface area contributed by atoms with Crippen molar-refractivity contribution >= 4 is 11.6 Å². The number of anilines is 1. The Labute approximate surface area is 181 Å². The molecule has 0 bridgehead atoms. The number of nitrogens with zero attached hydrogens (tertiary/aromatic N) is 1. The Hall–Kier alpha value is -3.80. The van der Waals surface area contributed by atoms with Crippen LogP contribution in [0.25, 0.3) is 11.1 Å². The van der Waals surface area contributed by atoms with Crippen molar-refractivity contribution in [2.75, 3.05) is 11.9 Å². The van der Waals surface area contributed by atoms with Gasteiger partial charge in [-0.15, -0.1) is 5.10 Å². The molecule has 31 heavy (non-hydrogen) atoms. The van der Waals surface area contributed by atoms with Crippen LogP contribution in [0, 0.1) is 6.92 Å². The molecule has 6 heteroatoms. The standard InChI is InChI=1S/C25H26N4O2/c1-18-23(14-8-13-22-15-20(16-26-22)19-9-4-2-5-10-19)28-29-25(18)31-17-24(30)27-21-11-6-3-7-12-21/h2-7,9-12,15-16,26H,8,13-14,17H2,1H3,(H,27,30)(H,28,29). The van der Waals surface area contributed by atoms with Crippen molar-refractivity contribution in [1.29, 1.82) is 0 Å². The zero-order chi connectivity index (χ0) is 21.5. The number of nitrogens with one attached hydrogen (secondary N) is 3. The molecular weight excluding hydrogens is 388 g/mol. The molecule has 158 valence electrons. The van der Waals surface area contributed by atoms with Crippen molar-refractivity contribution in [1.82, 2.24) is 15.2 Å². The van der Waals surface area contributed by atoms with Crippen LogP contribution in [0.2, 0.25) is 0 Å². The number of hydrogen-bond donors (Lipinski definition) is 3. The molecule has 4 rings (SSSR count). The third kappa shape index (κ3) is 5.42. The average molecular weight is 415 g/mol. The van der Waals surface area contributed by atoms with E-state index in [1.807, 2.05) is 55.5 Å². The third-order valence-electron chi connectivity index (χ3n) is 5.19. The van der Waals surface area contributed by atoms with Crippen LogP contribution < -0.4 is 10.1 Å². The molecule has 0 radical (unpaired) electrons. The molecule has 4 aromatic rings. The topological polar surface area (TPSA) is 82.8 Å². The number of carbonyl (C=O) groups is 1. The van der Waals surface area contributed by atoms with Crippen LogP contribution in [0.1, 0.15) is 23.4 Å². The van der Waals surface area contributed by atoms with Gasteiger partial charge in [0.05, 0.1) is 0 Å². The number of ether oxygens (including phenoxy) is 1. The Morgan fingerprint density at radius 2 is 1.74 bits per heavy atom. The van der Waals surface area contributed by atoms with Gasteiger partial charge in [-0.05, 0) is 55.5 Å². The minimum absolute atomic E-state index is 0.0786. The van der Waals surface area contributed by atoms with Crippen LogP contribution in [0.4, 0.5) is 5.69 Å². The number of aromatic nitrogens is 3. The maximum absolute atomic E-state index is 12.1. The van der Waals surface area contributed by atoms with E-state index in [0.29, 0.717) is 5.88 Å². The molecule has 0 spiro atoms. The summed E-state index contributed by atoms with van der Waals surface area (Å²) in [5.41, 5.74) is 6.36. The number of H-pyrrole nitrogens is 2. The highest BCUT2D eigenvalue weighted by Crippen LogP contribution is 2.22. The summed E-state index contributed by atoms with van der Waals surface area (Å²) in [7, 11) is 0. The molecule has 6 nitrogen and oxygen atoms in total. The summed E-state index contributed by atoms with van der Waals surface area (Å²) < 4.78 is 5.61. The first kappa shape index (κ1) is 20.5. The fraction of sp³-hybridized carbons (Fsp3) is 0.200. The van der Waals surface area contributed by atoms with Gasteiger partial charge >= 0.3 is 0 Å². The van der Waals surface area contributed by atoms with Crippen molar-refractivity contribution in [2.45, 2.75) is 26.2 Å². The van der Waals surface area contributed by atoms with Crippen LogP contribution in [-0.4, -0.2) is 27.7 Å². The monoisotopic (exact) mass is 414 g/mol. The number of carbonyl (C=O) groups excluding carboxylic acids is 1. The van der Waals surface area contributed by atoms with Crippen molar-refractivity contribution in [3.05, 3.63) is 89.9 Å². The Balaban J connectivity index is 1.25. The lowest BCUT2D eigenvalue weighted by atomic mass is 10.1. The summed E-state index contributed by atoms with van der Waals surface area (Å²) in [6.45, 7) is 1.89. The Morgan fingerprint density at radius 3 is 2.52 bits per heavy atom. The van der Waals surface area contributed by atoms with E-state index in [1.165, 1.54) is 16.8 Å². The minimum Gasteiger partial charge on any atom is -0.466 e. The molecule has 0 aliphatic heterocycles. The SMILES string of the molecule is Cc1c(OCC(=O)Nc2ccccc2)n[nH]c1CCCc1cc(-c2ccccc2)c[nH]1. The highest BCUT2D eigenvalue weighted by molar-refractivity contribution is 5.91. The van der Waals surface area contributed by atoms with Crippen molar-refractivity contribution in [2.24, 2.45) is 0 Å². The second kappa shape index (κ2) is 9.80. The van der Waals surface area contributed by atoms with Crippen LogP contribution >= 0.6 is 0 Å². The Bertz CT molecular complexity index is 1120. The second-order valence-corrected chi connectivity index (χ2v) is 7.47. The van der Waals surface area contributed by atoms with E-state index in [0.717, 1.165) is 36.2 Å². The molecule has 3 N–H and O–H groups in total. The molecule has 0 atom stereocenters. The van der Waals surface area contributed by atoms with E-state index in [4.69, 9.17) is 4.74 Å².